The van der Waals surface area contributed by atoms with Crippen LogP contribution < -0.4 is 5.32 Å². The minimum absolute atomic E-state index is 0.171. The van der Waals surface area contributed by atoms with E-state index in [0.717, 1.165) is 70.6 Å². The molecule has 9 heteroatoms. The van der Waals surface area contributed by atoms with Crippen molar-refractivity contribution in [3.63, 3.8) is 0 Å². The number of hydrogen-bond acceptors (Lipinski definition) is 8. The van der Waals surface area contributed by atoms with Crippen LogP contribution >= 0.6 is 0 Å². The fourth-order valence-corrected chi connectivity index (χ4v) is 12.0. The van der Waals surface area contributed by atoms with Crippen molar-refractivity contribution in [3.8, 4) is 0 Å². The van der Waals surface area contributed by atoms with Crippen LogP contribution in [0.5, 0.6) is 0 Å². The Morgan fingerprint density at radius 1 is 0.402 bits per heavy atom. The van der Waals surface area contributed by atoms with Gasteiger partial charge >= 0.3 is 0 Å². The first-order valence-corrected chi connectivity index (χ1v) is 37.7. The summed E-state index contributed by atoms with van der Waals surface area (Å²) in [6.45, 7) is 3.71. The van der Waals surface area contributed by atoms with Gasteiger partial charge < -0.3 is 40.3 Å². The van der Waals surface area contributed by atoms with Crippen molar-refractivity contribution in [2.75, 3.05) is 13.2 Å². The molecule has 1 rings (SSSR count). The van der Waals surface area contributed by atoms with Crippen molar-refractivity contribution in [1.29, 1.82) is 0 Å². The lowest BCUT2D eigenvalue weighted by Gasteiger charge is -2.40. The van der Waals surface area contributed by atoms with Crippen molar-refractivity contribution in [2.45, 2.75) is 403 Å². The summed E-state index contributed by atoms with van der Waals surface area (Å²) in [5.41, 5.74) is 0. The van der Waals surface area contributed by atoms with E-state index in [-0.39, 0.29) is 12.5 Å². The van der Waals surface area contributed by atoms with E-state index in [1.54, 1.807) is 6.08 Å². The molecule has 1 heterocycles. The molecule has 9 nitrogen and oxygen atoms in total. The van der Waals surface area contributed by atoms with Crippen LogP contribution in [-0.4, -0.2) is 87.5 Å². The number of aliphatic hydroxyl groups is 5. The molecule has 1 fully saturated rings. The number of hydrogen-bond donors (Lipinski definition) is 6. The lowest BCUT2D eigenvalue weighted by molar-refractivity contribution is -0.302. The maximum Gasteiger partial charge on any atom is 0.220 e. The molecule has 0 aromatic rings. The topological polar surface area (TPSA) is 149 Å². The van der Waals surface area contributed by atoms with Crippen molar-refractivity contribution in [2.24, 2.45) is 0 Å². The highest BCUT2D eigenvalue weighted by Gasteiger charge is 2.44. The lowest BCUT2D eigenvalue weighted by atomic mass is 9.99. The maximum absolute atomic E-state index is 13.2. The highest BCUT2D eigenvalue weighted by atomic mass is 16.7. The lowest BCUT2D eigenvalue weighted by Crippen LogP contribution is -2.60. The number of ether oxygens (including phenoxy) is 2. The largest absolute Gasteiger partial charge is 0.394 e. The van der Waals surface area contributed by atoms with E-state index in [9.17, 15) is 30.3 Å². The van der Waals surface area contributed by atoms with Gasteiger partial charge in [0.1, 0.15) is 24.4 Å². The van der Waals surface area contributed by atoms with Crippen LogP contribution in [0.15, 0.2) is 72.9 Å². The van der Waals surface area contributed by atoms with Gasteiger partial charge in [0.25, 0.3) is 0 Å². The van der Waals surface area contributed by atoms with E-state index >= 15 is 0 Å². The molecule has 1 saturated heterocycles. The number of nitrogens with one attached hydrogen (secondary N) is 1. The van der Waals surface area contributed by atoms with E-state index in [1.165, 1.54) is 270 Å². The van der Waals surface area contributed by atoms with Crippen LogP contribution in [0.25, 0.3) is 0 Å². The number of unbranched alkanes of at least 4 members (excludes halogenated alkanes) is 46. The molecule has 0 aromatic carbocycles. The summed E-state index contributed by atoms with van der Waals surface area (Å²) in [5, 5.41) is 54.9. The zero-order valence-corrected chi connectivity index (χ0v) is 57.0. The molecular weight excluding hydrogens is 1080 g/mol. The van der Waals surface area contributed by atoms with Gasteiger partial charge in [-0.05, 0) is 64.2 Å². The minimum atomic E-state index is -1.57. The highest BCUT2D eigenvalue weighted by Crippen LogP contribution is 2.24. The third-order valence-electron chi connectivity index (χ3n) is 17.8. The Balaban J connectivity index is 2.09. The Bertz CT molecular complexity index is 1610. The van der Waals surface area contributed by atoms with E-state index in [0.29, 0.717) is 6.42 Å². The molecule has 0 spiro atoms. The second-order valence-electron chi connectivity index (χ2n) is 26.1. The van der Waals surface area contributed by atoms with Crippen LogP contribution in [0, 0.1) is 0 Å². The fourth-order valence-electron chi connectivity index (χ4n) is 12.0. The van der Waals surface area contributed by atoms with Gasteiger partial charge in [-0.25, -0.2) is 0 Å². The van der Waals surface area contributed by atoms with Crippen LogP contribution in [0.3, 0.4) is 0 Å². The molecule has 6 N–H and O–H groups in total. The van der Waals surface area contributed by atoms with Crippen LogP contribution in [-0.2, 0) is 14.3 Å². The van der Waals surface area contributed by atoms with Crippen LogP contribution in [0.4, 0.5) is 0 Å². The molecule has 7 unspecified atom stereocenters. The standard InChI is InChI=1S/C78H143NO8/c1-3-5-7-9-11-13-15-17-19-21-23-25-27-29-31-33-34-35-36-37-38-40-42-44-46-48-50-52-54-56-58-60-62-64-66-68-74(82)79-71(70-86-78-77(85)76(84)75(83)73(69-80)87-78)72(81)67-65-63-61-59-57-55-53-51-49-47-45-43-41-39-32-30-28-26-24-22-20-18-16-14-12-10-8-6-4-2/h5,7,11,13,17,19,23,25,29,31,65,67,71-73,75-78,80-81,83-85H,3-4,6,8-10,12,14-16,18,20-22,24,26-28,30,32-64,66,68-70H2,1-2H3,(H,79,82)/b7-5-,13-11-,19-17-,25-23-,31-29-,67-65+. The Morgan fingerprint density at radius 3 is 1.06 bits per heavy atom. The third-order valence-corrected chi connectivity index (χ3v) is 17.8. The first-order valence-electron chi connectivity index (χ1n) is 37.7. The number of aliphatic hydroxyl groups excluding tert-OH is 5. The maximum atomic E-state index is 13.2. The van der Waals surface area contributed by atoms with Crippen LogP contribution in [0.1, 0.15) is 361 Å². The Morgan fingerprint density at radius 2 is 0.713 bits per heavy atom. The molecule has 0 bridgehead atoms. The first-order chi connectivity index (χ1) is 42.8. The fraction of sp³-hybridized carbons (Fsp3) is 0.833. The molecule has 508 valence electrons. The van der Waals surface area contributed by atoms with Gasteiger partial charge in [0.15, 0.2) is 6.29 Å². The second-order valence-corrected chi connectivity index (χ2v) is 26.1. The highest BCUT2D eigenvalue weighted by molar-refractivity contribution is 5.76. The average Bonchev–Trinajstić information content (AvgIpc) is 3.47. The summed E-state index contributed by atoms with van der Waals surface area (Å²) in [7, 11) is 0. The molecule has 0 saturated carbocycles. The molecule has 87 heavy (non-hydrogen) atoms. The monoisotopic (exact) mass is 1220 g/mol. The average molecular weight is 1220 g/mol. The van der Waals surface area contributed by atoms with E-state index in [4.69, 9.17) is 9.47 Å². The van der Waals surface area contributed by atoms with E-state index in [2.05, 4.69) is 79.9 Å². The molecule has 0 radical (unpaired) electrons. The molecule has 0 aromatic heterocycles. The first kappa shape index (κ1) is 82.6. The molecule has 1 amide bonds. The Kier molecular flexibility index (Phi) is 63.2. The van der Waals surface area contributed by atoms with Gasteiger partial charge in [0.2, 0.25) is 5.91 Å². The number of allylic oxidation sites excluding steroid dienone is 11. The van der Waals surface area contributed by atoms with E-state index in [1.807, 2.05) is 6.08 Å². The normalized spacial score (nSPS) is 18.4. The smallest absolute Gasteiger partial charge is 0.220 e. The number of carbonyl (C=O) groups excluding carboxylic acids is 1. The third kappa shape index (κ3) is 55.0. The van der Waals surface area contributed by atoms with E-state index < -0.39 is 49.5 Å². The summed E-state index contributed by atoms with van der Waals surface area (Å²) in [6.07, 6.45) is 87.4. The number of amides is 1. The Hall–Kier alpha value is -2.37. The SMILES string of the molecule is CC/C=C\C/C=C\C/C=C\C/C=C\C/C=C\CCCCCCCCCCCCCCCCCCCCCC(=O)NC(COC1OC(CO)C(O)C(O)C1O)C(O)/C=C/CCCCCCCCCCCCCCCCCCCCCCCCCCCCC. The quantitative estimate of drug-likeness (QED) is 0.0261. The van der Waals surface area contributed by atoms with Gasteiger partial charge in [-0.2, -0.15) is 0 Å². The van der Waals surface area contributed by atoms with Crippen molar-refractivity contribution in [3.05, 3.63) is 72.9 Å². The van der Waals surface area contributed by atoms with Crippen molar-refractivity contribution < 1.29 is 39.8 Å². The van der Waals surface area contributed by atoms with Gasteiger partial charge in [-0.15, -0.1) is 0 Å². The summed E-state index contributed by atoms with van der Waals surface area (Å²) in [6, 6.07) is -0.808. The molecule has 0 aliphatic carbocycles. The molecule has 7 atom stereocenters. The Labute approximate surface area is 538 Å². The second kappa shape index (κ2) is 66.5. The summed E-state index contributed by atoms with van der Waals surface area (Å²) >= 11 is 0. The molecular formula is C78H143NO8. The zero-order chi connectivity index (χ0) is 62.8. The van der Waals surface area contributed by atoms with Crippen molar-refractivity contribution in [1.82, 2.24) is 5.32 Å². The van der Waals surface area contributed by atoms with Gasteiger partial charge in [0, 0.05) is 6.42 Å². The predicted molar refractivity (Wildman–Crippen MR) is 373 cm³/mol. The van der Waals surface area contributed by atoms with Gasteiger partial charge in [-0.1, -0.05) is 363 Å². The zero-order valence-electron chi connectivity index (χ0n) is 57.0. The van der Waals surface area contributed by atoms with Crippen LogP contribution in [0.2, 0.25) is 0 Å². The minimum Gasteiger partial charge on any atom is -0.394 e. The summed E-state index contributed by atoms with van der Waals surface area (Å²) in [5.74, 6) is -0.171. The number of carbonyl (C=O) groups is 1. The number of rotatable bonds is 66. The van der Waals surface area contributed by atoms with Gasteiger partial charge in [-0.3, -0.25) is 4.79 Å². The summed E-state index contributed by atoms with van der Waals surface area (Å²) < 4.78 is 11.3. The van der Waals surface area contributed by atoms with Gasteiger partial charge in [0.05, 0.1) is 25.4 Å². The predicted octanol–water partition coefficient (Wildman–Crippen LogP) is 21.1. The summed E-state index contributed by atoms with van der Waals surface area (Å²) in [4.78, 5) is 13.2. The molecule has 1 aliphatic heterocycles. The van der Waals surface area contributed by atoms with Crippen molar-refractivity contribution >= 4 is 5.91 Å². The molecule has 1 aliphatic rings.